The second-order valence-corrected chi connectivity index (χ2v) is 5.34. The summed E-state index contributed by atoms with van der Waals surface area (Å²) in [4.78, 5) is 0. The fourth-order valence-electron chi connectivity index (χ4n) is 1.78. The van der Waals surface area contributed by atoms with Crippen molar-refractivity contribution < 1.29 is 8.95 Å². The molecule has 0 bridgehead atoms. The van der Waals surface area contributed by atoms with Crippen LogP contribution in [-0.4, -0.2) is 35.0 Å². The maximum Gasteiger partial charge on any atom is 0.0499 e. The van der Waals surface area contributed by atoms with E-state index in [4.69, 9.17) is 10.5 Å². The van der Waals surface area contributed by atoms with Crippen molar-refractivity contribution in [3.8, 4) is 0 Å². The van der Waals surface area contributed by atoms with Gasteiger partial charge in [-0.05, 0) is 19.3 Å². The summed E-state index contributed by atoms with van der Waals surface area (Å²) in [5.41, 5.74) is 5.86. The average Bonchev–Trinajstić information content (AvgIpc) is 2.52. The molecular formula is C9H19NO2S. The first-order valence-electron chi connectivity index (χ1n) is 4.87. The normalized spacial score (nSPS) is 30.6. The standard InChI is InChI=1S/C9H19NO2S/c1-12-6-3-7-13(11)9-5-2-4-8(9)10/h8-9H,2-7,10H2,1H3. The van der Waals surface area contributed by atoms with Crippen LogP contribution in [0.2, 0.25) is 0 Å². The van der Waals surface area contributed by atoms with Gasteiger partial charge in [-0.25, -0.2) is 0 Å². The summed E-state index contributed by atoms with van der Waals surface area (Å²) in [6.07, 6.45) is 4.11. The summed E-state index contributed by atoms with van der Waals surface area (Å²) in [6.45, 7) is 0.702. The molecule has 0 heterocycles. The smallest absolute Gasteiger partial charge is 0.0499 e. The minimum absolute atomic E-state index is 0.170. The van der Waals surface area contributed by atoms with Crippen LogP contribution in [0.4, 0.5) is 0 Å². The van der Waals surface area contributed by atoms with E-state index in [-0.39, 0.29) is 11.3 Å². The van der Waals surface area contributed by atoms with Gasteiger partial charge in [0.15, 0.2) is 0 Å². The monoisotopic (exact) mass is 205 g/mol. The highest BCUT2D eigenvalue weighted by molar-refractivity contribution is 7.85. The number of methoxy groups -OCH3 is 1. The van der Waals surface area contributed by atoms with Crippen LogP contribution in [0.15, 0.2) is 0 Å². The first-order chi connectivity index (χ1) is 6.25. The van der Waals surface area contributed by atoms with E-state index in [0.717, 1.165) is 31.4 Å². The molecule has 1 aliphatic carbocycles. The second kappa shape index (κ2) is 5.73. The van der Waals surface area contributed by atoms with Crippen molar-refractivity contribution in [1.29, 1.82) is 0 Å². The van der Waals surface area contributed by atoms with Gasteiger partial charge in [0.2, 0.25) is 0 Å². The Hall–Kier alpha value is 0.0700. The van der Waals surface area contributed by atoms with E-state index in [1.54, 1.807) is 7.11 Å². The van der Waals surface area contributed by atoms with Crippen LogP contribution in [-0.2, 0) is 15.5 Å². The lowest BCUT2D eigenvalue weighted by atomic mass is 10.3. The maximum atomic E-state index is 11.7. The molecule has 3 atom stereocenters. The van der Waals surface area contributed by atoms with E-state index in [9.17, 15) is 4.21 Å². The molecule has 3 nitrogen and oxygen atoms in total. The maximum absolute atomic E-state index is 11.7. The largest absolute Gasteiger partial charge is 0.385 e. The molecule has 0 spiro atoms. The third-order valence-electron chi connectivity index (χ3n) is 2.54. The third-order valence-corrected chi connectivity index (χ3v) is 4.49. The average molecular weight is 205 g/mol. The highest BCUT2D eigenvalue weighted by Gasteiger charge is 2.28. The fraction of sp³-hybridized carbons (Fsp3) is 1.00. The van der Waals surface area contributed by atoms with Crippen LogP contribution in [0, 0.1) is 0 Å². The van der Waals surface area contributed by atoms with E-state index in [0.29, 0.717) is 6.61 Å². The molecule has 13 heavy (non-hydrogen) atoms. The highest BCUT2D eigenvalue weighted by atomic mass is 32.2. The summed E-state index contributed by atoms with van der Waals surface area (Å²) in [6, 6.07) is 0.170. The number of hydrogen-bond acceptors (Lipinski definition) is 3. The Morgan fingerprint density at radius 1 is 1.54 bits per heavy atom. The lowest BCUT2D eigenvalue weighted by Gasteiger charge is -2.14. The summed E-state index contributed by atoms with van der Waals surface area (Å²) in [7, 11) is 0.939. The van der Waals surface area contributed by atoms with Gasteiger partial charge in [0.1, 0.15) is 0 Å². The Morgan fingerprint density at radius 3 is 2.85 bits per heavy atom. The minimum atomic E-state index is -0.732. The molecule has 2 N–H and O–H groups in total. The topological polar surface area (TPSA) is 52.3 Å². The molecule has 0 aliphatic heterocycles. The third kappa shape index (κ3) is 3.37. The van der Waals surface area contributed by atoms with Crippen molar-refractivity contribution in [3.63, 3.8) is 0 Å². The van der Waals surface area contributed by atoms with Crippen molar-refractivity contribution in [2.45, 2.75) is 37.0 Å². The van der Waals surface area contributed by atoms with Gasteiger partial charge in [-0.2, -0.15) is 0 Å². The molecule has 0 aromatic carbocycles. The van der Waals surface area contributed by atoms with Crippen LogP contribution < -0.4 is 5.73 Å². The zero-order chi connectivity index (χ0) is 9.68. The lowest BCUT2D eigenvalue weighted by molar-refractivity contribution is 0.200. The quantitative estimate of drug-likeness (QED) is 0.671. The van der Waals surface area contributed by atoms with Gasteiger partial charge in [0.25, 0.3) is 0 Å². The predicted molar refractivity (Wildman–Crippen MR) is 55.1 cm³/mol. The molecule has 78 valence electrons. The van der Waals surface area contributed by atoms with Crippen LogP contribution in [0.3, 0.4) is 0 Å². The van der Waals surface area contributed by atoms with E-state index >= 15 is 0 Å². The van der Waals surface area contributed by atoms with E-state index in [1.165, 1.54) is 0 Å². The van der Waals surface area contributed by atoms with Gasteiger partial charge in [-0.15, -0.1) is 0 Å². The molecular weight excluding hydrogens is 186 g/mol. The first-order valence-corrected chi connectivity index (χ1v) is 6.25. The molecule has 0 aromatic rings. The SMILES string of the molecule is COCCCS(=O)C1CCCC1N. The van der Waals surface area contributed by atoms with E-state index in [1.807, 2.05) is 0 Å². The summed E-state index contributed by atoms with van der Waals surface area (Å²) in [5.74, 6) is 0.742. The number of rotatable bonds is 5. The first kappa shape index (κ1) is 11.1. The van der Waals surface area contributed by atoms with Gasteiger partial charge < -0.3 is 10.5 Å². The Labute approximate surface area is 82.5 Å². The van der Waals surface area contributed by atoms with Gasteiger partial charge in [0, 0.05) is 41.6 Å². The van der Waals surface area contributed by atoms with Gasteiger partial charge in [-0.1, -0.05) is 6.42 Å². The number of hydrogen-bond donors (Lipinski definition) is 1. The Bertz CT molecular complexity index is 175. The molecule has 3 unspecified atom stereocenters. The van der Waals surface area contributed by atoms with E-state index < -0.39 is 10.8 Å². The van der Waals surface area contributed by atoms with Crippen LogP contribution in [0.5, 0.6) is 0 Å². The molecule has 0 saturated heterocycles. The molecule has 1 aliphatic rings. The van der Waals surface area contributed by atoms with Crippen molar-refractivity contribution in [2.24, 2.45) is 5.73 Å². The van der Waals surface area contributed by atoms with Crippen LogP contribution in [0.1, 0.15) is 25.7 Å². The number of nitrogens with two attached hydrogens (primary N) is 1. The minimum Gasteiger partial charge on any atom is -0.385 e. The van der Waals surface area contributed by atoms with Crippen molar-refractivity contribution in [3.05, 3.63) is 0 Å². The molecule has 1 fully saturated rings. The second-order valence-electron chi connectivity index (χ2n) is 3.56. The van der Waals surface area contributed by atoms with Crippen molar-refractivity contribution >= 4 is 10.8 Å². The molecule has 0 amide bonds. The Morgan fingerprint density at radius 2 is 2.31 bits per heavy atom. The molecule has 4 heteroatoms. The summed E-state index contributed by atoms with van der Waals surface area (Å²) >= 11 is 0. The number of ether oxygens (including phenoxy) is 1. The molecule has 0 radical (unpaired) electrons. The molecule has 1 saturated carbocycles. The van der Waals surface area contributed by atoms with Crippen molar-refractivity contribution in [2.75, 3.05) is 19.5 Å². The highest BCUT2D eigenvalue weighted by Crippen LogP contribution is 2.22. The van der Waals surface area contributed by atoms with Crippen LogP contribution in [0.25, 0.3) is 0 Å². The Balaban J connectivity index is 2.22. The van der Waals surface area contributed by atoms with E-state index in [2.05, 4.69) is 0 Å². The zero-order valence-corrected chi connectivity index (χ0v) is 9.02. The van der Waals surface area contributed by atoms with Gasteiger partial charge >= 0.3 is 0 Å². The lowest BCUT2D eigenvalue weighted by Crippen LogP contribution is -2.33. The van der Waals surface area contributed by atoms with Gasteiger partial charge in [0.05, 0.1) is 0 Å². The zero-order valence-electron chi connectivity index (χ0n) is 8.20. The Kier molecular flexibility index (Phi) is 4.91. The van der Waals surface area contributed by atoms with Crippen molar-refractivity contribution in [1.82, 2.24) is 0 Å². The fourth-order valence-corrected chi connectivity index (χ4v) is 3.44. The summed E-state index contributed by atoms with van der Waals surface area (Å²) < 4.78 is 16.6. The molecule has 1 rings (SSSR count). The summed E-state index contributed by atoms with van der Waals surface area (Å²) in [5, 5.41) is 0.247. The van der Waals surface area contributed by atoms with Crippen LogP contribution >= 0.6 is 0 Å². The predicted octanol–water partition coefficient (Wildman–Crippen LogP) is 0.651. The van der Waals surface area contributed by atoms with Gasteiger partial charge in [-0.3, -0.25) is 4.21 Å². The molecule has 0 aromatic heterocycles.